The van der Waals surface area contributed by atoms with Crippen molar-refractivity contribution in [3.8, 4) is 0 Å². The van der Waals surface area contributed by atoms with Crippen LogP contribution in [0.4, 0.5) is 18.3 Å². The zero-order valence-corrected chi connectivity index (χ0v) is 8.93. The first-order valence-corrected chi connectivity index (χ1v) is 5.21. The molecule has 2 aromatic rings. The third-order valence-corrected chi connectivity index (χ3v) is 2.56. The second-order valence-corrected chi connectivity index (χ2v) is 3.86. The first-order valence-electron chi connectivity index (χ1n) is 4.33. The van der Waals surface area contributed by atoms with Gasteiger partial charge in [0.05, 0.1) is 11.8 Å². The van der Waals surface area contributed by atoms with Crippen molar-refractivity contribution in [3.63, 3.8) is 0 Å². The average molecular weight is 262 g/mol. The van der Waals surface area contributed by atoms with Gasteiger partial charge in [-0.3, -0.25) is 10.1 Å². The van der Waals surface area contributed by atoms with Crippen molar-refractivity contribution in [2.75, 3.05) is 5.32 Å². The number of furan rings is 1. The number of halogens is 3. The summed E-state index contributed by atoms with van der Waals surface area (Å²) < 4.78 is 41.4. The fourth-order valence-electron chi connectivity index (χ4n) is 1.02. The number of carbonyl (C=O) groups is 1. The van der Waals surface area contributed by atoms with Crippen LogP contribution in [0.1, 0.15) is 16.1 Å². The minimum Gasteiger partial charge on any atom is -0.472 e. The Morgan fingerprint density at radius 2 is 2.24 bits per heavy atom. The van der Waals surface area contributed by atoms with Gasteiger partial charge in [-0.05, 0) is 6.07 Å². The summed E-state index contributed by atoms with van der Waals surface area (Å²) >= 11 is 0.708. The number of anilines is 1. The molecular weight excluding hydrogens is 257 g/mol. The van der Waals surface area contributed by atoms with Crippen LogP contribution in [0, 0.1) is 0 Å². The molecule has 0 saturated heterocycles. The van der Waals surface area contributed by atoms with E-state index in [-0.39, 0.29) is 10.7 Å². The van der Waals surface area contributed by atoms with Gasteiger partial charge in [-0.1, -0.05) is 0 Å². The zero-order chi connectivity index (χ0) is 12.5. The second kappa shape index (κ2) is 4.21. The number of hydrogen-bond donors (Lipinski definition) is 1. The number of nitrogens with zero attached hydrogens (tertiary/aromatic N) is 1. The molecule has 0 fully saturated rings. The molecule has 0 saturated carbocycles. The Morgan fingerprint density at radius 1 is 1.47 bits per heavy atom. The van der Waals surface area contributed by atoms with Gasteiger partial charge in [-0.2, -0.15) is 13.2 Å². The summed E-state index contributed by atoms with van der Waals surface area (Å²) in [6.07, 6.45) is -2.03. The van der Waals surface area contributed by atoms with Crippen LogP contribution in [0.2, 0.25) is 0 Å². The molecule has 8 heteroatoms. The highest BCUT2D eigenvalue weighted by atomic mass is 32.1. The number of carbonyl (C=O) groups excluding carboxylic acids is 1. The van der Waals surface area contributed by atoms with E-state index >= 15 is 0 Å². The van der Waals surface area contributed by atoms with Crippen molar-refractivity contribution >= 4 is 22.4 Å². The Balaban J connectivity index is 2.10. The molecule has 1 amide bonds. The van der Waals surface area contributed by atoms with Crippen LogP contribution in [0.5, 0.6) is 0 Å². The van der Waals surface area contributed by atoms with E-state index in [1.54, 1.807) is 0 Å². The van der Waals surface area contributed by atoms with Gasteiger partial charge >= 0.3 is 6.18 Å². The van der Waals surface area contributed by atoms with Gasteiger partial charge in [0.25, 0.3) is 5.91 Å². The predicted molar refractivity (Wildman–Crippen MR) is 53.8 cm³/mol. The molecular formula is C9H5F3N2O2S. The number of thiazole rings is 1. The summed E-state index contributed by atoms with van der Waals surface area (Å²) in [7, 11) is 0. The summed E-state index contributed by atoms with van der Waals surface area (Å²) in [5.41, 5.74) is -0.807. The van der Waals surface area contributed by atoms with Crippen molar-refractivity contribution in [2.45, 2.75) is 6.18 Å². The maximum atomic E-state index is 12.2. The Morgan fingerprint density at radius 3 is 2.76 bits per heavy atom. The fraction of sp³-hybridized carbons (Fsp3) is 0.111. The molecule has 0 radical (unpaired) electrons. The molecule has 90 valence electrons. The molecule has 0 spiro atoms. The van der Waals surface area contributed by atoms with E-state index in [0.29, 0.717) is 11.3 Å². The monoisotopic (exact) mass is 262 g/mol. The standard InChI is InChI=1S/C9H5F3N2O2S/c10-9(11,12)6-4-17-8(13-6)14-7(15)5-1-2-16-3-5/h1-4H,(H,13,14,15). The van der Waals surface area contributed by atoms with Crippen LogP contribution >= 0.6 is 11.3 Å². The highest BCUT2D eigenvalue weighted by Gasteiger charge is 2.33. The fourth-order valence-corrected chi connectivity index (χ4v) is 1.74. The molecule has 0 aromatic carbocycles. The van der Waals surface area contributed by atoms with E-state index in [9.17, 15) is 18.0 Å². The lowest BCUT2D eigenvalue weighted by Gasteiger charge is -2.00. The number of hydrogen-bond acceptors (Lipinski definition) is 4. The topological polar surface area (TPSA) is 55.1 Å². The van der Waals surface area contributed by atoms with Crippen molar-refractivity contribution in [1.82, 2.24) is 4.98 Å². The second-order valence-electron chi connectivity index (χ2n) is 3.00. The first kappa shape index (κ1) is 11.6. The Labute approximate surface area is 97.1 Å². The smallest absolute Gasteiger partial charge is 0.434 e. The molecule has 0 unspecified atom stereocenters. The van der Waals surface area contributed by atoms with E-state index < -0.39 is 17.8 Å². The van der Waals surface area contributed by atoms with Crippen LogP contribution in [-0.2, 0) is 6.18 Å². The quantitative estimate of drug-likeness (QED) is 0.905. The number of aromatic nitrogens is 1. The highest BCUT2D eigenvalue weighted by Crippen LogP contribution is 2.31. The predicted octanol–water partition coefficient (Wildman–Crippen LogP) is 3.01. The molecule has 0 aliphatic carbocycles. The van der Waals surface area contributed by atoms with E-state index in [0.717, 1.165) is 5.38 Å². The molecule has 0 atom stereocenters. The minimum atomic E-state index is -4.50. The number of nitrogens with one attached hydrogen (secondary N) is 1. The minimum absolute atomic E-state index is 0.108. The molecule has 2 aromatic heterocycles. The number of alkyl halides is 3. The van der Waals surface area contributed by atoms with Gasteiger partial charge in [0.2, 0.25) is 0 Å². The van der Waals surface area contributed by atoms with Crippen LogP contribution in [0.3, 0.4) is 0 Å². The van der Waals surface area contributed by atoms with Gasteiger partial charge in [0.1, 0.15) is 6.26 Å². The van der Waals surface area contributed by atoms with Crippen molar-refractivity contribution in [3.05, 3.63) is 35.2 Å². The summed E-state index contributed by atoms with van der Waals surface area (Å²) in [4.78, 5) is 14.7. The third-order valence-electron chi connectivity index (χ3n) is 1.80. The lowest BCUT2D eigenvalue weighted by Crippen LogP contribution is -2.11. The van der Waals surface area contributed by atoms with E-state index in [1.807, 2.05) is 0 Å². The van der Waals surface area contributed by atoms with E-state index in [1.165, 1.54) is 18.6 Å². The SMILES string of the molecule is O=C(Nc1nc(C(F)(F)F)cs1)c1ccoc1. The number of amides is 1. The largest absolute Gasteiger partial charge is 0.472 e. The molecule has 2 rings (SSSR count). The maximum absolute atomic E-state index is 12.2. The summed E-state index contributed by atoms with van der Waals surface area (Å²) in [6, 6.07) is 1.40. The van der Waals surface area contributed by atoms with Gasteiger partial charge < -0.3 is 4.42 Å². The lowest BCUT2D eigenvalue weighted by molar-refractivity contribution is -0.140. The molecule has 0 aliphatic heterocycles. The highest BCUT2D eigenvalue weighted by molar-refractivity contribution is 7.14. The summed E-state index contributed by atoms with van der Waals surface area (Å²) in [5.74, 6) is -0.568. The van der Waals surface area contributed by atoms with Crippen molar-refractivity contribution in [1.29, 1.82) is 0 Å². The zero-order valence-electron chi connectivity index (χ0n) is 8.12. The van der Waals surface area contributed by atoms with E-state index in [4.69, 9.17) is 0 Å². The van der Waals surface area contributed by atoms with Gasteiger partial charge in [0.15, 0.2) is 10.8 Å². The Kier molecular flexibility index (Phi) is 2.88. The summed E-state index contributed by atoms with van der Waals surface area (Å²) in [6.45, 7) is 0. The van der Waals surface area contributed by atoms with Crippen LogP contribution in [0.15, 0.2) is 28.4 Å². The van der Waals surface area contributed by atoms with Crippen LogP contribution in [-0.4, -0.2) is 10.9 Å². The normalized spacial score (nSPS) is 11.5. The Hall–Kier alpha value is -1.83. The average Bonchev–Trinajstić information content (AvgIpc) is 2.85. The van der Waals surface area contributed by atoms with Crippen molar-refractivity contribution < 1.29 is 22.4 Å². The first-order chi connectivity index (χ1) is 7.97. The molecule has 0 aliphatic rings. The number of rotatable bonds is 2. The third kappa shape index (κ3) is 2.64. The lowest BCUT2D eigenvalue weighted by atomic mass is 10.3. The van der Waals surface area contributed by atoms with Gasteiger partial charge in [-0.25, -0.2) is 4.98 Å². The van der Waals surface area contributed by atoms with Gasteiger partial charge in [0, 0.05) is 5.38 Å². The molecule has 2 heterocycles. The summed E-state index contributed by atoms with van der Waals surface area (Å²) in [5, 5.41) is 2.98. The van der Waals surface area contributed by atoms with E-state index in [2.05, 4.69) is 14.7 Å². The van der Waals surface area contributed by atoms with Crippen molar-refractivity contribution in [2.24, 2.45) is 0 Å². The Bertz CT molecular complexity index is 519. The molecule has 1 N–H and O–H groups in total. The van der Waals surface area contributed by atoms with Crippen LogP contribution in [0.25, 0.3) is 0 Å². The van der Waals surface area contributed by atoms with Crippen LogP contribution < -0.4 is 5.32 Å². The van der Waals surface area contributed by atoms with Gasteiger partial charge in [-0.15, -0.1) is 11.3 Å². The molecule has 17 heavy (non-hydrogen) atoms. The maximum Gasteiger partial charge on any atom is 0.434 e. The molecule has 0 bridgehead atoms. The molecule has 4 nitrogen and oxygen atoms in total.